The summed E-state index contributed by atoms with van der Waals surface area (Å²) in [6, 6.07) is 2.15. The number of hydrogen-bond donors (Lipinski definition) is 2. The number of piperidine rings is 1. The fourth-order valence-corrected chi connectivity index (χ4v) is 2.69. The predicted octanol–water partition coefficient (Wildman–Crippen LogP) is 0.824. The van der Waals surface area contributed by atoms with Gasteiger partial charge in [-0.15, -0.1) is 0 Å². The van der Waals surface area contributed by atoms with Gasteiger partial charge in [-0.1, -0.05) is 0 Å². The molecule has 2 N–H and O–H groups in total. The molecule has 3 heterocycles. The summed E-state index contributed by atoms with van der Waals surface area (Å²) in [6.07, 6.45) is 10.5. The van der Waals surface area contributed by atoms with Crippen LogP contribution in [0, 0.1) is 0 Å². The number of carbonyl (C=O) groups is 1. The van der Waals surface area contributed by atoms with Gasteiger partial charge in [0.15, 0.2) is 0 Å². The lowest BCUT2D eigenvalue weighted by atomic mass is 10.1. The Morgan fingerprint density at radius 1 is 1.45 bits per heavy atom. The van der Waals surface area contributed by atoms with E-state index in [0.717, 1.165) is 38.9 Å². The molecule has 0 spiro atoms. The second kappa shape index (κ2) is 7.22. The van der Waals surface area contributed by atoms with Crippen molar-refractivity contribution in [1.29, 1.82) is 0 Å². The Morgan fingerprint density at radius 3 is 3.18 bits per heavy atom. The first kappa shape index (κ1) is 14.8. The fraction of sp³-hybridized carbons (Fsp3) is 0.533. The molecule has 0 saturated carbocycles. The van der Waals surface area contributed by atoms with E-state index in [1.54, 1.807) is 18.6 Å². The quantitative estimate of drug-likeness (QED) is 0.775. The Bertz CT molecular complexity index is 585. The predicted molar refractivity (Wildman–Crippen MR) is 82.5 cm³/mol. The van der Waals surface area contributed by atoms with Crippen molar-refractivity contribution in [2.24, 2.45) is 0 Å². The molecule has 0 radical (unpaired) electrons. The molecule has 0 aliphatic carbocycles. The molecule has 22 heavy (non-hydrogen) atoms. The molecule has 7 nitrogen and oxygen atoms in total. The molecule has 1 aliphatic heterocycles. The molecule has 2 aromatic rings. The van der Waals surface area contributed by atoms with Gasteiger partial charge in [-0.3, -0.25) is 9.48 Å². The molecule has 1 saturated heterocycles. The van der Waals surface area contributed by atoms with Crippen molar-refractivity contribution < 1.29 is 4.79 Å². The molecule has 3 rings (SSSR count). The van der Waals surface area contributed by atoms with Gasteiger partial charge < -0.3 is 15.2 Å². The number of imidazole rings is 1. The standard InChI is InChI=1S/C15H22N6O/c22-15(18-6-2-8-20-10-7-17-12-20)14-4-9-21(19-14)13-3-1-5-16-11-13/h4,7,9-10,12-13,16H,1-3,5-6,8,11H2,(H,18,22). The molecule has 1 unspecified atom stereocenters. The summed E-state index contributed by atoms with van der Waals surface area (Å²) in [5, 5.41) is 10.7. The summed E-state index contributed by atoms with van der Waals surface area (Å²) in [5.74, 6) is -0.104. The van der Waals surface area contributed by atoms with Crippen LogP contribution in [-0.4, -0.2) is 44.9 Å². The maximum absolute atomic E-state index is 12.1. The highest BCUT2D eigenvalue weighted by Crippen LogP contribution is 2.15. The molecular weight excluding hydrogens is 280 g/mol. The minimum atomic E-state index is -0.104. The summed E-state index contributed by atoms with van der Waals surface area (Å²) < 4.78 is 3.91. The van der Waals surface area contributed by atoms with Crippen LogP contribution in [0.25, 0.3) is 0 Å². The van der Waals surface area contributed by atoms with E-state index in [0.29, 0.717) is 18.3 Å². The minimum absolute atomic E-state index is 0.104. The van der Waals surface area contributed by atoms with Crippen molar-refractivity contribution in [3.05, 3.63) is 36.7 Å². The number of carbonyl (C=O) groups excluding carboxylic acids is 1. The highest BCUT2D eigenvalue weighted by molar-refractivity contribution is 5.92. The molecule has 1 fully saturated rings. The van der Waals surface area contributed by atoms with Crippen LogP contribution in [0.3, 0.4) is 0 Å². The van der Waals surface area contributed by atoms with E-state index in [1.807, 2.05) is 21.6 Å². The number of nitrogens with zero attached hydrogens (tertiary/aromatic N) is 4. The summed E-state index contributed by atoms with van der Waals surface area (Å²) in [4.78, 5) is 16.1. The molecule has 1 aliphatic rings. The summed E-state index contributed by atoms with van der Waals surface area (Å²) >= 11 is 0. The van der Waals surface area contributed by atoms with Gasteiger partial charge in [-0.25, -0.2) is 4.98 Å². The zero-order chi connectivity index (χ0) is 15.2. The maximum Gasteiger partial charge on any atom is 0.271 e. The number of hydrogen-bond acceptors (Lipinski definition) is 4. The van der Waals surface area contributed by atoms with E-state index in [1.165, 1.54) is 0 Å². The lowest BCUT2D eigenvalue weighted by molar-refractivity contribution is 0.0946. The van der Waals surface area contributed by atoms with Gasteiger partial charge in [0.2, 0.25) is 0 Å². The second-order valence-electron chi connectivity index (χ2n) is 5.59. The van der Waals surface area contributed by atoms with Crippen molar-refractivity contribution in [2.45, 2.75) is 31.8 Å². The second-order valence-corrected chi connectivity index (χ2v) is 5.59. The summed E-state index contributed by atoms with van der Waals surface area (Å²) in [6.45, 7) is 3.48. The van der Waals surface area contributed by atoms with Crippen LogP contribution in [0.15, 0.2) is 31.0 Å². The molecular formula is C15H22N6O. The number of rotatable bonds is 6. The average molecular weight is 302 g/mol. The zero-order valence-electron chi connectivity index (χ0n) is 12.6. The maximum atomic E-state index is 12.1. The van der Waals surface area contributed by atoms with Gasteiger partial charge in [0, 0.05) is 38.2 Å². The number of aromatic nitrogens is 4. The van der Waals surface area contributed by atoms with E-state index < -0.39 is 0 Å². The largest absolute Gasteiger partial charge is 0.351 e. The minimum Gasteiger partial charge on any atom is -0.351 e. The van der Waals surface area contributed by atoms with E-state index in [2.05, 4.69) is 20.7 Å². The third kappa shape index (κ3) is 3.73. The lowest BCUT2D eigenvalue weighted by Gasteiger charge is -2.22. The van der Waals surface area contributed by atoms with Crippen molar-refractivity contribution in [1.82, 2.24) is 30.0 Å². The monoisotopic (exact) mass is 302 g/mol. The number of aryl methyl sites for hydroxylation is 1. The van der Waals surface area contributed by atoms with E-state index in [-0.39, 0.29) is 5.91 Å². The first-order valence-electron chi connectivity index (χ1n) is 7.83. The Hall–Kier alpha value is -2.15. The number of amides is 1. The Morgan fingerprint density at radius 2 is 2.41 bits per heavy atom. The van der Waals surface area contributed by atoms with Crippen LogP contribution < -0.4 is 10.6 Å². The highest BCUT2D eigenvalue weighted by Gasteiger charge is 2.17. The normalized spacial score (nSPS) is 18.3. The van der Waals surface area contributed by atoms with E-state index in [9.17, 15) is 4.79 Å². The SMILES string of the molecule is O=C(NCCCn1ccnc1)c1ccn(C2CCCNC2)n1. The van der Waals surface area contributed by atoms with Crippen LogP contribution in [0.5, 0.6) is 0 Å². The summed E-state index contributed by atoms with van der Waals surface area (Å²) in [5.41, 5.74) is 0.494. The smallest absolute Gasteiger partial charge is 0.271 e. The third-order valence-electron chi connectivity index (χ3n) is 3.92. The fourth-order valence-electron chi connectivity index (χ4n) is 2.69. The molecule has 1 atom stereocenters. The molecule has 118 valence electrons. The Kier molecular flexibility index (Phi) is 4.85. The van der Waals surface area contributed by atoms with Gasteiger partial charge in [-0.05, 0) is 31.9 Å². The van der Waals surface area contributed by atoms with Crippen molar-refractivity contribution in [2.75, 3.05) is 19.6 Å². The Balaban J connectivity index is 1.44. The first-order valence-corrected chi connectivity index (χ1v) is 7.83. The molecule has 1 amide bonds. The zero-order valence-corrected chi connectivity index (χ0v) is 12.6. The lowest BCUT2D eigenvalue weighted by Crippen LogP contribution is -2.32. The van der Waals surface area contributed by atoms with Crippen LogP contribution in [0.4, 0.5) is 0 Å². The van der Waals surface area contributed by atoms with Crippen LogP contribution in [0.1, 0.15) is 35.8 Å². The first-order chi connectivity index (χ1) is 10.8. The number of nitrogens with one attached hydrogen (secondary N) is 2. The van der Waals surface area contributed by atoms with Gasteiger partial charge >= 0.3 is 0 Å². The third-order valence-corrected chi connectivity index (χ3v) is 3.92. The molecule has 7 heteroatoms. The van der Waals surface area contributed by atoms with Crippen molar-refractivity contribution in [3.8, 4) is 0 Å². The van der Waals surface area contributed by atoms with Gasteiger partial charge in [0.25, 0.3) is 5.91 Å². The van der Waals surface area contributed by atoms with Gasteiger partial charge in [0.05, 0.1) is 12.4 Å². The average Bonchev–Trinajstić information content (AvgIpc) is 3.24. The summed E-state index contributed by atoms with van der Waals surface area (Å²) in [7, 11) is 0. The van der Waals surface area contributed by atoms with Gasteiger partial charge in [-0.2, -0.15) is 5.10 Å². The van der Waals surface area contributed by atoms with E-state index >= 15 is 0 Å². The molecule has 0 aromatic carbocycles. The topological polar surface area (TPSA) is 76.8 Å². The van der Waals surface area contributed by atoms with Crippen LogP contribution in [-0.2, 0) is 6.54 Å². The molecule has 0 bridgehead atoms. The Labute approximate surface area is 129 Å². The molecule has 2 aromatic heterocycles. The van der Waals surface area contributed by atoms with Crippen molar-refractivity contribution in [3.63, 3.8) is 0 Å². The van der Waals surface area contributed by atoms with Crippen LogP contribution in [0.2, 0.25) is 0 Å². The van der Waals surface area contributed by atoms with Gasteiger partial charge in [0.1, 0.15) is 5.69 Å². The van der Waals surface area contributed by atoms with Crippen LogP contribution >= 0.6 is 0 Å². The van der Waals surface area contributed by atoms with Crippen molar-refractivity contribution >= 4 is 5.91 Å². The van der Waals surface area contributed by atoms with E-state index in [4.69, 9.17) is 0 Å². The highest BCUT2D eigenvalue weighted by atomic mass is 16.1.